The van der Waals surface area contributed by atoms with E-state index in [0.29, 0.717) is 11.3 Å². The number of anilines is 2. The highest BCUT2D eigenvalue weighted by molar-refractivity contribution is 5.45. The Morgan fingerprint density at radius 3 is 2.42 bits per heavy atom. The third-order valence-electron chi connectivity index (χ3n) is 4.56. The molecular weight excluding hydrogens is 240 g/mol. The molecule has 0 radical (unpaired) electrons. The number of piperidine rings is 1. The molecule has 0 saturated carbocycles. The van der Waals surface area contributed by atoms with Gasteiger partial charge in [0.1, 0.15) is 5.82 Å². The molecule has 1 saturated heterocycles. The van der Waals surface area contributed by atoms with E-state index in [-0.39, 0.29) is 5.95 Å². The van der Waals surface area contributed by atoms with Crippen LogP contribution in [0.25, 0.3) is 0 Å². The molecule has 0 spiro atoms. The molecule has 2 rings (SSSR count). The topological polar surface area (TPSA) is 64.3 Å². The molecule has 5 nitrogen and oxygen atoms in total. The van der Waals surface area contributed by atoms with Crippen LogP contribution in [0.1, 0.15) is 39.5 Å². The van der Waals surface area contributed by atoms with E-state index in [1.54, 1.807) is 7.11 Å². The largest absolute Gasteiger partial charge is 0.481 e. The van der Waals surface area contributed by atoms with E-state index in [1.165, 1.54) is 25.7 Å². The van der Waals surface area contributed by atoms with Gasteiger partial charge in [0.05, 0.1) is 7.11 Å². The highest BCUT2D eigenvalue weighted by Crippen LogP contribution is 2.39. The Hall–Kier alpha value is -1.52. The van der Waals surface area contributed by atoms with Gasteiger partial charge in [-0.2, -0.15) is 9.97 Å². The van der Waals surface area contributed by atoms with Gasteiger partial charge in [-0.05, 0) is 18.3 Å². The Morgan fingerprint density at radius 2 is 1.89 bits per heavy atom. The summed E-state index contributed by atoms with van der Waals surface area (Å²) in [5.41, 5.74) is 6.23. The lowest BCUT2D eigenvalue weighted by Gasteiger charge is -2.41. The van der Waals surface area contributed by atoms with Crippen LogP contribution in [0, 0.1) is 5.41 Å². The minimum Gasteiger partial charge on any atom is -0.481 e. The van der Waals surface area contributed by atoms with Gasteiger partial charge in [-0.1, -0.05) is 26.7 Å². The zero-order valence-electron chi connectivity index (χ0n) is 12.1. The smallest absolute Gasteiger partial charge is 0.225 e. The van der Waals surface area contributed by atoms with Gasteiger partial charge in [-0.3, -0.25) is 0 Å². The van der Waals surface area contributed by atoms with Gasteiger partial charge in [-0.15, -0.1) is 0 Å². The maximum atomic E-state index is 5.72. The molecule has 0 atom stereocenters. The number of nitrogens with two attached hydrogens (primary N) is 1. The van der Waals surface area contributed by atoms with Crippen LogP contribution in [0.15, 0.2) is 6.07 Å². The molecule has 5 heteroatoms. The lowest BCUT2D eigenvalue weighted by atomic mass is 9.74. The predicted octanol–water partition coefficient (Wildman–Crippen LogP) is 2.47. The molecule has 1 aliphatic rings. The Kier molecular flexibility index (Phi) is 4.12. The van der Waals surface area contributed by atoms with Gasteiger partial charge < -0.3 is 15.4 Å². The highest BCUT2D eigenvalue weighted by Gasteiger charge is 2.31. The minimum atomic E-state index is 0.275. The van der Waals surface area contributed by atoms with Crippen molar-refractivity contribution in [2.24, 2.45) is 5.41 Å². The van der Waals surface area contributed by atoms with Gasteiger partial charge in [-0.25, -0.2) is 0 Å². The first-order chi connectivity index (χ1) is 9.12. The van der Waals surface area contributed by atoms with Crippen LogP contribution >= 0.6 is 0 Å². The summed E-state index contributed by atoms with van der Waals surface area (Å²) in [6, 6.07) is 1.86. The number of nitrogens with zero attached hydrogens (tertiary/aromatic N) is 3. The van der Waals surface area contributed by atoms with Crippen molar-refractivity contribution < 1.29 is 4.74 Å². The van der Waals surface area contributed by atoms with Crippen molar-refractivity contribution in [3.63, 3.8) is 0 Å². The third-order valence-corrected chi connectivity index (χ3v) is 4.56. The van der Waals surface area contributed by atoms with E-state index in [0.717, 1.165) is 18.9 Å². The van der Waals surface area contributed by atoms with E-state index in [4.69, 9.17) is 10.5 Å². The van der Waals surface area contributed by atoms with Gasteiger partial charge in [0, 0.05) is 19.2 Å². The molecule has 0 aromatic carbocycles. The zero-order chi connectivity index (χ0) is 13.9. The Morgan fingerprint density at radius 1 is 1.26 bits per heavy atom. The summed E-state index contributed by atoms with van der Waals surface area (Å²) < 4.78 is 5.15. The summed E-state index contributed by atoms with van der Waals surface area (Å²) in [5, 5.41) is 0. The second kappa shape index (κ2) is 5.63. The van der Waals surface area contributed by atoms with Crippen LogP contribution in [-0.4, -0.2) is 30.2 Å². The number of methoxy groups -OCH3 is 1. The SMILES string of the molecule is CCC1(CC)CCN(c2cc(OC)nc(N)n2)CC1. The summed E-state index contributed by atoms with van der Waals surface area (Å²) >= 11 is 0. The summed E-state index contributed by atoms with van der Waals surface area (Å²) in [6.45, 7) is 6.65. The van der Waals surface area contributed by atoms with Crippen molar-refractivity contribution >= 4 is 11.8 Å². The Labute approximate surface area is 115 Å². The van der Waals surface area contributed by atoms with E-state index >= 15 is 0 Å². The number of rotatable bonds is 4. The van der Waals surface area contributed by atoms with Gasteiger partial charge in [0.2, 0.25) is 11.8 Å². The van der Waals surface area contributed by atoms with Crippen LogP contribution in [0.5, 0.6) is 5.88 Å². The molecule has 0 amide bonds. The normalized spacial score (nSPS) is 18.4. The maximum absolute atomic E-state index is 5.72. The summed E-state index contributed by atoms with van der Waals surface area (Å²) in [6.07, 6.45) is 4.94. The van der Waals surface area contributed by atoms with Crippen molar-refractivity contribution in [1.82, 2.24) is 9.97 Å². The van der Waals surface area contributed by atoms with Crippen molar-refractivity contribution in [2.75, 3.05) is 30.8 Å². The molecule has 1 aromatic heterocycles. The monoisotopic (exact) mass is 264 g/mol. The lowest BCUT2D eigenvalue weighted by Crippen LogP contribution is -2.40. The summed E-state index contributed by atoms with van der Waals surface area (Å²) in [5.74, 6) is 1.69. The quantitative estimate of drug-likeness (QED) is 0.905. The average Bonchev–Trinajstić information content (AvgIpc) is 2.46. The number of aromatic nitrogens is 2. The first-order valence-electron chi connectivity index (χ1n) is 7.06. The first-order valence-corrected chi connectivity index (χ1v) is 7.06. The molecule has 2 heterocycles. The number of hydrogen-bond donors (Lipinski definition) is 1. The molecule has 1 aromatic rings. The molecule has 1 aliphatic heterocycles. The van der Waals surface area contributed by atoms with Crippen LogP contribution in [0.4, 0.5) is 11.8 Å². The summed E-state index contributed by atoms with van der Waals surface area (Å²) in [7, 11) is 1.60. The predicted molar refractivity (Wildman–Crippen MR) is 77.5 cm³/mol. The molecular formula is C14H24N4O. The molecule has 0 bridgehead atoms. The van der Waals surface area contributed by atoms with Crippen LogP contribution < -0.4 is 15.4 Å². The molecule has 2 N–H and O–H groups in total. The van der Waals surface area contributed by atoms with Crippen LogP contribution in [0.2, 0.25) is 0 Å². The Bertz CT molecular complexity index is 421. The molecule has 0 unspecified atom stereocenters. The van der Waals surface area contributed by atoms with E-state index in [1.807, 2.05) is 6.07 Å². The van der Waals surface area contributed by atoms with E-state index < -0.39 is 0 Å². The fourth-order valence-corrected chi connectivity index (χ4v) is 2.86. The molecule has 19 heavy (non-hydrogen) atoms. The molecule has 0 aliphatic carbocycles. The molecule has 1 fully saturated rings. The zero-order valence-corrected chi connectivity index (χ0v) is 12.1. The summed E-state index contributed by atoms with van der Waals surface area (Å²) in [4.78, 5) is 10.6. The van der Waals surface area contributed by atoms with Gasteiger partial charge >= 0.3 is 0 Å². The van der Waals surface area contributed by atoms with Crippen molar-refractivity contribution in [3.05, 3.63) is 6.07 Å². The third kappa shape index (κ3) is 2.91. The van der Waals surface area contributed by atoms with Gasteiger partial charge in [0.25, 0.3) is 0 Å². The second-order valence-corrected chi connectivity index (χ2v) is 5.32. The number of hydrogen-bond acceptors (Lipinski definition) is 5. The van der Waals surface area contributed by atoms with Crippen molar-refractivity contribution in [2.45, 2.75) is 39.5 Å². The van der Waals surface area contributed by atoms with Gasteiger partial charge in [0.15, 0.2) is 0 Å². The average molecular weight is 264 g/mol. The number of nitrogen functional groups attached to an aromatic ring is 1. The highest BCUT2D eigenvalue weighted by atomic mass is 16.5. The Balaban J connectivity index is 2.11. The van der Waals surface area contributed by atoms with Crippen molar-refractivity contribution in [1.29, 1.82) is 0 Å². The second-order valence-electron chi connectivity index (χ2n) is 5.32. The fourth-order valence-electron chi connectivity index (χ4n) is 2.86. The fraction of sp³-hybridized carbons (Fsp3) is 0.714. The molecule has 106 valence electrons. The van der Waals surface area contributed by atoms with E-state index in [2.05, 4.69) is 28.7 Å². The minimum absolute atomic E-state index is 0.275. The van der Waals surface area contributed by atoms with E-state index in [9.17, 15) is 0 Å². The van der Waals surface area contributed by atoms with Crippen molar-refractivity contribution in [3.8, 4) is 5.88 Å². The number of ether oxygens (including phenoxy) is 1. The standard InChI is InChI=1S/C14H24N4O/c1-4-14(5-2)6-8-18(9-7-14)11-10-12(19-3)17-13(15)16-11/h10H,4-9H2,1-3H3,(H2,15,16,17). The lowest BCUT2D eigenvalue weighted by molar-refractivity contribution is 0.199. The van der Waals surface area contributed by atoms with Crippen LogP contribution in [-0.2, 0) is 0 Å². The maximum Gasteiger partial charge on any atom is 0.225 e. The van der Waals surface area contributed by atoms with Crippen LogP contribution in [0.3, 0.4) is 0 Å². The first kappa shape index (κ1) is 13.9.